The quantitative estimate of drug-likeness (QED) is 0.746. The number of nitrogens with zero attached hydrogens (tertiary/aromatic N) is 1. The first kappa shape index (κ1) is 9.97. The van der Waals surface area contributed by atoms with Crippen LogP contribution in [-0.2, 0) is 4.79 Å². The first-order valence-corrected chi connectivity index (χ1v) is 5.65. The Morgan fingerprint density at radius 3 is 2.29 bits per heavy atom. The summed E-state index contributed by atoms with van der Waals surface area (Å²) in [5.74, 6) is 0.614. The van der Waals surface area contributed by atoms with E-state index in [4.69, 9.17) is 5.11 Å². The lowest BCUT2D eigenvalue weighted by molar-refractivity contribution is -0.144. The second kappa shape index (κ2) is 3.89. The first-order valence-electron chi connectivity index (χ1n) is 5.65. The molecule has 2 aliphatic rings. The zero-order valence-corrected chi connectivity index (χ0v) is 8.78. The van der Waals surface area contributed by atoms with Crippen LogP contribution in [0.3, 0.4) is 0 Å². The maximum absolute atomic E-state index is 11.1. The van der Waals surface area contributed by atoms with Crippen LogP contribution in [0.1, 0.15) is 32.6 Å². The SMILES string of the molecule is CC1CCN(C(C(=O)O)C2CC2)CC1. The van der Waals surface area contributed by atoms with Crippen LogP contribution in [0.4, 0.5) is 0 Å². The Morgan fingerprint density at radius 2 is 1.86 bits per heavy atom. The van der Waals surface area contributed by atoms with E-state index >= 15 is 0 Å². The Bertz CT molecular complexity index is 217. The van der Waals surface area contributed by atoms with Gasteiger partial charge in [-0.2, -0.15) is 0 Å². The molecule has 1 N–H and O–H groups in total. The van der Waals surface area contributed by atoms with Crippen molar-refractivity contribution in [2.45, 2.75) is 38.6 Å². The van der Waals surface area contributed by atoms with Crippen molar-refractivity contribution in [2.75, 3.05) is 13.1 Å². The smallest absolute Gasteiger partial charge is 0.321 e. The molecule has 0 radical (unpaired) electrons. The summed E-state index contributed by atoms with van der Waals surface area (Å²) < 4.78 is 0. The molecule has 0 amide bonds. The minimum Gasteiger partial charge on any atom is -0.480 e. The first-order chi connectivity index (χ1) is 6.68. The largest absolute Gasteiger partial charge is 0.480 e. The van der Waals surface area contributed by atoms with Crippen LogP contribution in [0.25, 0.3) is 0 Å². The summed E-state index contributed by atoms with van der Waals surface area (Å²) in [4.78, 5) is 13.3. The number of hydrogen-bond donors (Lipinski definition) is 1. The minimum absolute atomic E-state index is 0.178. The molecule has 14 heavy (non-hydrogen) atoms. The van der Waals surface area contributed by atoms with Crippen molar-refractivity contribution in [3.8, 4) is 0 Å². The van der Waals surface area contributed by atoms with Gasteiger partial charge in [-0.05, 0) is 50.6 Å². The van der Waals surface area contributed by atoms with Gasteiger partial charge in [-0.25, -0.2) is 0 Å². The molecular weight excluding hydrogens is 178 g/mol. The van der Waals surface area contributed by atoms with E-state index in [0.29, 0.717) is 5.92 Å². The van der Waals surface area contributed by atoms with Crippen molar-refractivity contribution in [1.82, 2.24) is 4.90 Å². The maximum atomic E-state index is 11.1. The van der Waals surface area contributed by atoms with Crippen molar-refractivity contribution in [1.29, 1.82) is 0 Å². The van der Waals surface area contributed by atoms with Gasteiger partial charge in [-0.3, -0.25) is 9.69 Å². The Morgan fingerprint density at radius 1 is 1.29 bits per heavy atom. The summed E-state index contributed by atoms with van der Waals surface area (Å²) in [6.07, 6.45) is 4.55. The van der Waals surface area contributed by atoms with Crippen molar-refractivity contribution in [3.05, 3.63) is 0 Å². The fourth-order valence-corrected chi connectivity index (χ4v) is 2.37. The zero-order chi connectivity index (χ0) is 10.1. The molecule has 0 aromatic rings. The van der Waals surface area contributed by atoms with Crippen LogP contribution in [-0.4, -0.2) is 35.1 Å². The lowest BCUT2D eigenvalue weighted by atomic mass is 9.97. The number of carboxylic acids is 1. The monoisotopic (exact) mass is 197 g/mol. The number of carbonyl (C=O) groups is 1. The van der Waals surface area contributed by atoms with E-state index in [1.54, 1.807) is 0 Å². The molecule has 1 heterocycles. The summed E-state index contributed by atoms with van der Waals surface area (Å²) in [6.45, 7) is 4.22. The van der Waals surface area contributed by atoms with Gasteiger partial charge in [0.15, 0.2) is 0 Å². The normalized spacial score (nSPS) is 27.5. The lowest BCUT2D eigenvalue weighted by Gasteiger charge is -2.34. The summed E-state index contributed by atoms with van der Waals surface area (Å²) >= 11 is 0. The molecular formula is C11H19NO2. The van der Waals surface area contributed by atoms with Gasteiger partial charge in [0.2, 0.25) is 0 Å². The number of rotatable bonds is 3. The van der Waals surface area contributed by atoms with E-state index < -0.39 is 5.97 Å². The van der Waals surface area contributed by atoms with Gasteiger partial charge in [0, 0.05) is 0 Å². The Kier molecular flexibility index (Phi) is 2.77. The van der Waals surface area contributed by atoms with Crippen molar-refractivity contribution >= 4 is 5.97 Å². The standard InChI is InChI=1S/C11H19NO2/c1-8-4-6-12(7-5-8)10(11(13)14)9-2-3-9/h8-10H,2-7H2,1H3,(H,13,14). The summed E-state index contributed by atoms with van der Waals surface area (Å²) in [5, 5.41) is 9.16. The third-order valence-electron chi connectivity index (χ3n) is 3.53. The Balaban J connectivity index is 1.94. The van der Waals surface area contributed by atoms with E-state index in [1.807, 2.05) is 0 Å². The highest BCUT2D eigenvalue weighted by molar-refractivity contribution is 5.74. The highest BCUT2D eigenvalue weighted by Gasteiger charge is 2.40. The third kappa shape index (κ3) is 2.08. The van der Waals surface area contributed by atoms with Gasteiger partial charge in [0.25, 0.3) is 0 Å². The molecule has 1 unspecified atom stereocenters. The van der Waals surface area contributed by atoms with Gasteiger partial charge >= 0.3 is 5.97 Å². The van der Waals surface area contributed by atoms with Gasteiger partial charge in [0.05, 0.1) is 0 Å². The van der Waals surface area contributed by atoms with E-state index in [0.717, 1.165) is 44.7 Å². The van der Waals surface area contributed by atoms with Gasteiger partial charge < -0.3 is 5.11 Å². The predicted octanol–water partition coefficient (Wildman–Crippen LogP) is 1.58. The molecule has 1 saturated carbocycles. The summed E-state index contributed by atoms with van der Waals surface area (Å²) in [6, 6.07) is -0.178. The molecule has 1 atom stereocenters. The fraction of sp³-hybridized carbons (Fsp3) is 0.909. The number of carboxylic acid groups (broad SMARTS) is 1. The molecule has 80 valence electrons. The van der Waals surface area contributed by atoms with Crippen LogP contribution < -0.4 is 0 Å². The van der Waals surface area contributed by atoms with Gasteiger partial charge in [-0.1, -0.05) is 6.92 Å². The third-order valence-corrected chi connectivity index (χ3v) is 3.53. The molecule has 1 aliphatic carbocycles. The molecule has 3 nitrogen and oxygen atoms in total. The highest BCUT2D eigenvalue weighted by atomic mass is 16.4. The van der Waals surface area contributed by atoms with Gasteiger partial charge in [-0.15, -0.1) is 0 Å². The van der Waals surface area contributed by atoms with Crippen LogP contribution in [0, 0.1) is 11.8 Å². The maximum Gasteiger partial charge on any atom is 0.321 e. The molecule has 0 aromatic carbocycles. The second-order valence-corrected chi connectivity index (χ2v) is 4.84. The van der Waals surface area contributed by atoms with Crippen LogP contribution >= 0.6 is 0 Å². The van der Waals surface area contributed by atoms with Crippen molar-refractivity contribution < 1.29 is 9.90 Å². The zero-order valence-electron chi connectivity index (χ0n) is 8.78. The molecule has 1 aliphatic heterocycles. The van der Waals surface area contributed by atoms with Gasteiger partial charge in [0.1, 0.15) is 6.04 Å². The van der Waals surface area contributed by atoms with Crippen molar-refractivity contribution in [3.63, 3.8) is 0 Å². The molecule has 2 rings (SSSR count). The summed E-state index contributed by atoms with van der Waals surface area (Å²) in [7, 11) is 0. The van der Waals surface area contributed by atoms with E-state index in [9.17, 15) is 4.79 Å². The van der Waals surface area contributed by atoms with Crippen LogP contribution in [0.15, 0.2) is 0 Å². The van der Waals surface area contributed by atoms with E-state index in [-0.39, 0.29) is 6.04 Å². The number of hydrogen-bond acceptors (Lipinski definition) is 2. The van der Waals surface area contributed by atoms with E-state index in [2.05, 4.69) is 11.8 Å². The second-order valence-electron chi connectivity index (χ2n) is 4.84. The molecule has 2 fully saturated rings. The average Bonchev–Trinajstić information content (AvgIpc) is 2.92. The number of likely N-dealkylation sites (tertiary alicyclic amines) is 1. The highest BCUT2D eigenvalue weighted by Crippen LogP contribution is 2.36. The summed E-state index contributed by atoms with van der Waals surface area (Å²) in [5.41, 5.74) is 0. The number of aliphatic carboxylic acids is 1. The van der Waals surface area contributed by atoms with Crippen LogP contribution in [0.5, 0.6) is 0 Å². The topological polar surface area (TPSA) is 40.5 Å². The van der Waals surface area contributed by atoms with Crippen LogP contribution in [0.2, 0.25) is 0 Å². The molecule has 0 bridgehead atoms. The average molecular weight is 197 g/mol. The minimum atomic E-state index is -0.609. The number of piperidine rings is 1. The van der Waals surface area contributed by atoms with Crippen molar-refractivity contribution in [2.24, 2.45) is 11.8 Å². The molecule has 3 heteroatoms. The van der Waals surface area contributed by atoms with E-state index in [1.165, 1.54) is 0 Å². The molecule has 0 aromatic heterocycles. The molecule has 1 saturated heterocycles. The lowest BCUT2D eigenvalue weighted by Crippen LogP contribution is -2.46. The Hall–Kier alpha value is -0.570. The molecule has 0 spiro atoms. The fourth-order valence-electron chi connectivity index (χ4n) is 2.37. The predicted molar refractivity (Wildman–Crippen MR) is 54.1 cm³/mol. The Labute approximate surface area is 85.1 Å².